The number of anilines is 1. The van der Waals surface area contributed by atoms with Crippen LogP contribution < -0.4 is 5.32 Å². The van der Waals surface area contributed by atoms with Gasteiger partial charge in [0.25, 0.3) is 5.91 Å². The number of carbonyl (C=O) groups is 2. The molecule has 3 aromatic rings. The van der Waals surface area contributed by atoms with Gasteiger partial charge in [0.15, 0.2) is 11.6 Å². The molecule has 0 bridgehead atoms. The van der Waals surface area contributed by atoms with Gasteiger partial charge in [-0.1, -0.05) is 25.1 Å². The van der Waals surface area contributed by atoms with E-state index in [-0.39, 0.29) is 17.6 Å². The van der Waals surface area contributed by atoms with Crippen molar-refractivity contribution in [1.29, 1.82) is 0 Å². The van der Waals surface area contributed by atoms with E-state index in [0.717, 1.165) is 23.4 Å². The Balaban J connectivity index is 1.71. The zero-order valence-electron chi connectivity index (χ0n) is 17.8. The van der Waals surface area contributed by atoms with Crippen molar-refractivity contribution in [2.45, 2.75) is 19.9 Å². The number of nitrogens with one attached hydrogen (secondary N) is 1. The molecular formula is C24H23F2N3O3. The number of hydrogen-bond donors (Lipinski definition) is 1. The van der Waals surface area contributed by atoms with Crippen molar-refractivity contribution in [3.63, 3.8) is 0 Å². The van der Waals surface area contributed by atoms with E-state index in [2.05, 4.69) is 10.2 Å². The van der Waals surface area contributed by atoms with Crippen LogP contribution in [0.3, 0.4) is 0 Å². The topological polar surface area (TPSA) is 71.5 Å². The number of carbonyl (C=O) groups excluding carboxylic acids is 2. The zero-order chi connectivity index (χ0) is 22.8. The summed E-state index contributed by atoms with van der Waals surface area (Å²) >= 11 is 0. The van der Waals surface area contributed by atoms with Gasteiger partial charge in [-0.05, 0) is 18.2 Å². The SMILES string of the molecule is COC(=O)C(C)CN1CCc2nc3ccccc3c(C(=O)Nc3ccc(F)c(F)c3)c2C1. The van der Waals surface area contributed by atoms with Crippen LogP contribution in [0.1, 0.15) is 28.5 Å². The molecule has 1 unspecified atom stereocenters. The van der Waals surface area contributed by atoms with Crippen molar-refractivity contribution in [1.82, 2.24) is 9.88 Å². The summed E-state index contributed by atoms with van der Waals surface area (Å²) in [5, 5.41) is 3.36. The Morgan fingerprint density at radius 2 is 1.97 bits per heavy atom. The van der Waals surface area contributed by atoms with Crippen LogP contribution in [-0.4, -0.2) is 42.0 Å². The Kier molecular flexibility index (Phi) is 6.14. The standard InChI is InChI=1S/C24H23F2N3O3/c1-14(24(31)32-2)12-29-10-9-21-17(13-29)22(16-5-3-4-6-20(16)28-21)23(30)27-15-7-8-18(25)19(26)11-15/h3-8,11,14H,9-10,12-13H2,1-2H3,(H,27,30). The molecule has 4 rings (SSSR count). The van der Waals surface area contributed by atoms with Crippen LogP contribution in [0.15, 0.2) is 42.5 Å². The third-order valence-electron chi connectivity index (χ3n) is 5.67. The van der Waals surface area contributed by atoms with Crippen LogP contribution in [-0.2, 0) is 22.5 Å². The summed E-state index contributed by atoms with van der Waals surface area (Å²) < 4.78 is 31.8. The molecule has 1 amide bonds. The van der Waals surface area contributed by atoms with Gasteiger partial charge in [-0.2, -0.15) is 0 Å². The van der Waals surface area contributed by atoms with E-state index in [9.17, 15) is 18.4 Å². The first-order valence-corrected chi connectivity index (χ1v) is 10.3. The monoisotopic (exact) mass is 439 g/mol. The molecule has 1 atom stereocenters. The van der Waals surface area contributed by atoms with Crippen molar-refractivity contribution in [2.75, 3.05) is 25.5 Å². The highest BCUT2D eigenvalue weighted by Gasteiger charge is 2.28. The number of hydrogen-bond acceptors (Lipinski definition) is 5. The van der Waals surface area contributed by atoms with Gasteiger partial charge < -0.3 is 10.1 Å². The second kappa shape index (κ2) is 9.00. The van der Waals surface area contributed by atoms with Crippen molar-refractivity contribution in [2.24, 2.45) is 5.92 Å². The maximum atomic E-state index is 13.6. The van der Waals surface area contributed by atoms with E-state index >= 15 is 0 Å². The van der Waals surface area contributed by atoms with Crippen LogP contribution in [0.4, 0.5) is 14.5 Å². The average Bonchev–Trinajstić information content (AvgIpc) is 2.79. The second-order valence-corrected chi connectivity index (χ2v) is 7.92. The van der Waals surface area contributed by atoms with Gasteiger partial charge >= 0.3 is 5.97 Å². The molecule has 6 nitrogen and oxygen atoms in total. The van der Waals surface area contributed by atoms with Gasteiger partial charge in [0.05, 0.1) is 24.1 Å². The molecule has 1 aliphatic rings. The molecule has 1 aliphatic heterocycles. The van der Waals surface area contributed by atoms with Crippen LogP contribution in [0.2, 0.25) is 0 Å². The molecular weight excluding hydrogens is 416 g/mol. The average molecular weight is 439 g/mol. The summed E-state index contributed by atoms with van der Waals surface area (Å²) in [6.45, 7) is 3.43. The first-order chi connectivity index (χ1) is 15.4. The molecule has 1 aromatic heterocycles. The van der Waals surface area contributed by atoms with E-state index < -0.39 is 17.5 Å². The van der Waals surface area contributed by atoms with E-state index in [4.69, 9.17) is 9.72 Å². The predicted octanol–water partition coefficient (Wildman–Crippen LogP) is 3.93. The number of nitrogens with zero attached hydrogens (tertiary/aromatic N) is 2. The normalized spacial score (nSPS) is 14.6. The van der Waals surface area contributed by atoms with Crippen LogP contribution in [0, 0.1) is 17.6 Å². The van der Waals surface area contributed by atoms with Gasteiger partial charge in [0, 0.05) is 54.5 Å². The minimum Gasteiger partial charge on any atom is -0.469 e. The first-order valence-electron chi connectivity index (χ1n) is 10.3. The lowest BCUT2D eigenvalue weighted by Crippen LogP contribution is -2.37. The van der Waals surface area contributed by atoms with Crippen molar-refractivity contribution in [3.05, 3.63) is 70.9 Å². The Bertz CT molecular complexity index is 1200. The zero-order valence-corrected chi connectivity index (χ0v) is 17.8. The lowest BCUT2D eigenvalue weighted by atomic mass is 9.94. The smallest absolute Gasteiger partial charge is 0.309 e. The number of esters is 1. The molecule has 1 N–H and O–H groups in total. The fourth-order valence-electron chi connectivity index (χ4n) is 4.09. The molecule has 0 spiro atoms. The summed E-state index contributed by atoms with van der Waals surface area (Å²) in [5.41, 5.74) is 2.90. The van der Waals surface area contributed by atoms with Gasteiger partial charge in [-0.15, -0.1) is 0 Å². The van der Waals surface area contributed by atoms with Crippen LogP contribution in [0.25, 0.3) is 10.9 Å². The number of ether oxygens (including phenoxy) is 1. The van der Waals surface area contributed by atoms with Gasteiger partial charge in [-0.25, -0.2) is 8.78 Å². The van der Waals surface area contributed by atoms with Gasteiger partial charge in [-0.3, -0.25) is 19.5 Å². The number of methoxy groups -OCH3 is 1. The minimum atomic E-state index is -1.03. The van der Waals surface area contributed by atoms with E-state index in [1.54, 1.807) is 6.92 Å². The number of pyridine rings is 1. The molecule has 0 saturated carbocycles. The number of para-hydroxylation sites is 1. The maximum Gasteiger partial charge on any atom is 0.309 e. The summed E-state index contributed by atoms with van der Waals surface area (Å²) in [5.74, 6) is -3.04. The first kappa shape index (κ1) is 21.8. The van der Waals surface area contributed by atoms with Gasteiger partial charge in [0.1, 0.15) is 0 Å². The Hall–Kier alpha value is -3.39. The largest absolute Gasteiger partial charge is 0.469 e. The highest BCUT2D eigenvalue weighted by molar-refractivity contribution is 6.13. The number of amides is 1. The number of benzene rings is 2. The number of halogens is 2. The van der Waals surface area contributed by atoms with E-state index in [1.807, 2.05) is 24.3 Å². The molecule has 0 aliphatic carbocycles. The lowest BCUT2D eigenvalue weighted by molar-refractivity contribution is -0.145. The van der Waals surface area contributed by atoms with Crippen molar-refractivity contribution < 1.29 is 23.1 Å². The summed E-state index contributed by atoms with van der Waals surface area (Å²) in [6, 6.07) is 10.6. The molecule has 0 fully saturated rings. The van der Waals surface area contributed by atoms with Crippen molar-refractivity contribution in [3.8, 4) is 0 Å². The molecule has 2 heterocycles. The minimum absolute atomic E-state index is 0.163. The Morgan fingerprint density at radius 1 is 1.19 bits per heavy atom. The third kappa shape index (κ3) is 4.31. The number of aromatic nitrogens is 1. The molecule has 0 radical (unpaired) electrons. The fourth-order valence-corrected chi connectivity index (χ4v) is 4.09. The summed E-state index contributed by atoms with van der Waals surface area (Å²) in [4.78, 5) is 32.0. The predicted molar refractivity (Wildman–Crippen MR) is 116 cm³/mol. The maximum absolute atomic E-state index is 13.6. The molecule has 2 aromatic carbocycles. The molecule has 166 valence electrons. The highest BCUT2D eigenvalue weighted by Crippen LogP contribution is 2.29. The number of rotatable bonds is 5. The highest BCUT2D eigenvalue weighted by atomic mass is 19.2. The lowest BCUT2D eigenvalue weighted by Gasteiger charge is -2.31. The Labute approximate surface area is 184 Å². The molecule has 0 saturated heterocycles. The Morgan fingerprint density at radius 3 is 2.72 bits per heavy atom. The summed E-state index contributed by atoms with van der Waals surface area (Å²) in [6.07, 6.45) is 0.625. The third-order valence-corrected chi connectivity index (χ3v) is 5.67. The van der Waals surface area contributed by atoms with Gasteiger partial charge in [0.2, 0.25) is 0 Å². The van der Waals surface area contributed by atoms with Crippen LogP contribution in [0.5, 0.6) is 0 Å². The molecule has 8 heteroatoms. The molecule has 32 heavy (non-hydrogen) atoms. The summed E-state index contributed by atoms with van der Waals surface area (Å²) in [7, 11) is 1.36. The second-order valence-electron chi connectivity index (χ2n) is 7.92. The number of fused-ring (bicyclic) bond motifs is 2. The fraction of sp³-hybridized carbons (Fsp3) is 0.292. The quantitative estimate of drug-likeness (QED) is 0.610. The van der Waals surface area contributed by atoms with E-state index in [0.29, 0.717) is 42.5 Å². The van der Waals surface area contributed by atoms with Crippen LogP contribution >= 0.6 is 0 Å². The van der Waals surface area contributed by atoms with E-state index in [1.165, 1.54) is 13.2 Å². The van der Waals surface area contributed by atoms with Crippen molar-refractivity contribution >= 4 is 28.5 Å².